The van der Waals surface area contributed by atoms with Crippen molar-refractivity contribution in [3.63, 3.8) is 0 Å². The fraction of sp³-hybridized carbons (Fsp3) is 0.0769. The minimum atomic E-state index is 0.137. The fourth-order valence-electron chi connectivity index (χ4n) is 1.56. The van der Waals surface area contributed by atoms with Crippen molar-refractivity contribution >= 4 is 17.3 Å². The molecular weight excluding hydrogens is 222 g/mol. The lowest BCUT2D eigenvalue weighted by atomic mass is 10.0. The fourth-order valence-corrected chi connectivity index (χ4v) is 1.68. The minimum absolute atomic E-state index is 0.137. The first-order valence-electron chi connectivity index (χ1n) is 4.95. The molecule has 3 heteroatoms. The predicted octanol–water partition coefficient (Wildman–Crippen LogP) is 3.51. The van der Waals surface area contributed by atoms with Gasteiger partial charge in [0.25, 0.3) is 0 Å². The molecule has 82 valence electrons. The van der Waals surface area contributed by atoms with Crippen molar-refractivity contribution < 1.29 is 4.74 Å². The van der Waals surface area contributed by atoms with Gasteiger partial charge in [-0.3, -0.25) is 0 Å². The molecule has 0 heterocycles. The van der Waals surface area contributed by atoms with Crippen LogP contribution in [0.25, 0.3) is 11.1 Å². The number of nitrogens with two attached hydrogens (primary N) is 1. The van der Waals surface area contributed by atoms with Crippen molar-refractivity contribution in [3.8, 4) is 16.9 Å². The van der Waals surface area contributed by atoms with Crippen LogP contribution in [0.4, 0.5) is 5.69 Å². The van der Waals surface area contributed by atoms with Crippen LogP contribution in [0.1, 0.15) is 0 Å². The van der Waals surface area contributed by atoms with Gasteiger partial charge in [-0.15, -0.1) is 0 Å². The van der Waals surface area contributed by atoms with Crippen molar-refractivity contribution in [2.75, 3.05) is 11.8 Å². The van der Waals surface area contributed by atoms with Crippen LogP contribution in [0.5, 0.6) is 5.75 Å². The highest BCUT2D eigenvalue weighted by Crippen LogP contribution is 2.29. The zero-order valence-corrected chi connectivity index (χ0v) is 9.45. The number of anilines is 1. The molecule has 0 bridgehead atoms. The highest BCUT2D eigenvalue weighted by atomic mass is 35.5. The van der Waals surface area contributed by atoms with Gasteiger partial charge in [0.1, 0.15) is 5.75 Å². The van der Waals surface area contributed by atoms with E-state index in [4.69, 9.17) is 22.1 Å². The molecular formula is C13H12ClNO. The van der Waals surface area contributed by atoms with E-state index in [1.54, 1.807) is 0 Å². The molecule has 2 rings (SSSR count). The maximum Gasteiger partial charge on any atom is 0.162 e. The van der Waals surface area contributed by atoms with E-state index in [2.05, 4.69) is 0 Å². The third kappa shape index (κ3) is 2.28. The van der Waals surface area contributed by atoms with Crippen LogP contribution in [0.15, 0.2) is 48.5 Å². The van der Waals surface area contributed by atoms with Crippen molar-refractivity contribution in [2.45, 2.75) is 0 Å². The summed E-state index contributed by atoms with van der Waals surface area (Å²) in [5.74, 6) is 0.725. The second-order valence-corrected chi connectivity index (χ2v) is 3.59. The van der Waals surface area contributed by atoms with Crippen LogP contribution in [0.3, 0.4) is 0 Å². The molecule has 0 atom stereocenters. The first-order chi connectivity index (χ1) is 7.81. The Kier molecular flexibility index (Phi) is 3.32. The average Bonchev–Trinajstić information content (AvgIpc) is 2.33. The Morgan fingerprint density at radius 1 is 1.06 bits per heavy atom. The molecule has 2 N–H and O–H groups in total. The lowest BCUT2D eigenvalue weighted by Gasteiger charge is -2.08. The molecule has 16 heavy (non-hydrogen) atoms. The van der Waals surface area contributed by atoms with Crippen LogP contribution in [0.2, 0.25) is 0 Å². The minimum Gasteiger partial charge on any atom is -0.478 e. The molecule has 0 saturated heterocycles. The van der Waals surface area contributed by atoms with E-state index in [1.807, 2.05) is 48.5 Å². The Hall–Kier alpha value is -1.67. The molecule has 2 aromatic carbocycles. The second kappa shape index (κ2) is 4.90. The number of rotatable bonds is 3. The summed E-state index contributed by atoms with van der Waals surface area (Å²) >= 11 is 5.52. The molecule has 0 fully saturated rings. The van der Waals surface area contributed by atoms with E-state index in [1.165, 1.54) is 0 Å². The Morgan fingerprint density at radius 2 is 1.81 bits per heavy atom. The largest absolute Gasteiger partial charge is 0.478 e. The van der Waals surface area contributed by atoms with E-state index in [9.17, 15) is 0 Å². The van der Waals surface area contributed by atoms with Gasteiger partial charge in [-0.1, -0.05) is 41.9 Å². The Morgan fingerprint density at radius 3 is 2.50 bits per heavy atom. The van der Waals surface area contributed by atoms with Gasteiger partial charge in [-0.2, -0.15) is 0 Å². The van der Waals surface area contributed by atoms with Crippen LogP contribution in [-0.4, -0.2) is 6.07 Å². The monoisotopic (exact) mass is 233 g/mol. The summed E-state index contributed by atoms with van der Waals surface area (Å²) < 4.78 is 5.23. The highest BCUT2D eigenvalue weighted by Gasteiger charge is 2.03. The molecule has 2 nitrogen and oxygen atoms in total. The van der Waals surface area contributed by atoms with Gasteiger partial charge in [0, 0.05) is 11.3 Å². The van der Waals surface area contributed by atoms with E-state index in [0.29, 0.717) is 0 Å². The van der Waals surface area contributed by atoms with Crippen molar-refractivity contribution in [3.05, 3.63) is 48.5 Å². The summed E-state index contributed by atoms with van der Waals surface area (Å²) in [6.07, 6.45) is 0. The van der Waals surface area contributed by atoms with Crippen molar-refractivity contribution in [1.29, 1.82) is 0 Å². The normalized spacial score (nSPS) is 10.1. The lowest BCUT2D eigenvalue weighted by Crippen LogP contribution is -1.93. The maximum atomic E-state index is 5.93. The summed E-state index contributed by atoms with van der Waals surface area (Å²) in [5.41, 5.74) is 8.69. The van der Waals surface area contributed by atoms with Gasteiger partial charge in [-0.05, 0) is 23.8 Å². The van der Waals surface area contributed by atoms with Crippen molar-refractivity contribution in [1.82, 2.24) is 0 Å². The maximum absolute atomic E-state index is 5.93. The highest BCUT2D eigenvalue weighted by molar-refractivity contribution is 6.17. The molecule has 0 amide bonds. The molecule has 0 aliphatic carbocycles. The van der Waals surface area contributed by atoms with Gasteiger partial charge >= 0.3 is 0 Å². The molecule has 0 radical (unpaired) electrons. The number of hydrogen-bond acceptors (Lipinski definition) is 2. The summed E-state index contributed by atoms with van der Waals surface area (Å²) in [4.78, 5) is 0. The predicted molar refractivity (Wildman–Crippen MR) is 67.6 cm³/mol. The zero-order chi connectivity index (χ0) is 11.4. The summed E-state index contributed by atoms with van der Waals surface area (Å²) in [5, 5.41) is 0. The average molecular weight is 234 g/mol. The number of hydrogen-bond donors (Lipinski definition) is 1. The van der Waals surface area contributed by atoms with Crippen LogP contribution >= 0.6 is 11.6 Å². The first-order valence-corrected chi connectivity index (χ1v) is 5.48. The number of nitrogen functional groups attached to an aromatic ring is 1. The van der Waals surface area contributed by atoms with Crippen LogP contribution < -0.4 is 10.5 Å². The van der Waals surface area contributed by atoms with E-state index in [0.717, 1.165) is 22.6 Å². The molecule has 0 saturated carbocycles. The smallest absolute Gasteiger partial charge is 0.162 e. The summed E-state index contributed by atoms with van der Waals surface area (Å²) in [6.45, 7) is 0. The third-order valence-corrected chi connectivity index (χ3v) is 2.44. The van der Waals surface area contributed by atoms with Crippen LogP contribution in [0, 0.1) is 0 Å². The summed E-state index contributed by atoms with van der Waals surface area (Å²) in [6, 6.07) is 15.6. The van der Waals surface area contributed by atoms with Crippen LogP contribution in [-0.2, 0) is 0 Å². The number of benzene rings is 2. The molecule has 0 aromatic heterocycles. The SMILES string of the molecule is Nc1ccc(OCCl)cc1-c1ccccc1. The van der Waals surface area contributed by atoms with E-state index < -0.39 is 0 Å². The summed E-state index contributed by atoms with van der Waals surface area (Å²) in [7, 11) is 0. The molecule has 0 spiro atoms. The molecule has 0 unspecified atom stereocenters. The zero-order valence-electron chi connectivity index (χ0n) is 8.69. The standard InChI is InChI=1S/C13H12ClNO/c14-9-16-11-6-7-13(15)12(8-11)10-4-2-1-3-5-10/h1-8H,9,15H2. The Labute approximate surface area is 99.6 Å². The van der Waals surface area contributed by atoms with Gasteiger partial charge < -0.3 is 10.5 Å². The third-order valence-electron chi connectivity index (χ3n) is 2.33. The van der Waals surface area contributed by atoms with E-state index in [-0.39, 0.29) is 6.07 Å². The topological polar surface area (TPSA) is 35.2 Å². The van der Waals surface area contributed by atoms with Gasteiger partial charge in [0.2, 0.25) is 0 Å². The van der Waals surface area contributed by atoms with Gasteiger partial charge in [-0.25, -0.2) is 0 Å². The number of ether oxygens (including phenoxy) is 1. The quantitative estimate of drug-likeness (QED) is 0.651. The van der Waals surface area contributed by atoms with Crippen molar-refractivity contribution in [2.24, 2.45) is 0 Å². The molecule has 0 aliphatic heterocycles. The molecule has 2 aromatic rings. The second-order valence-electron chi connectivity index (χ2n) is 3.37. The number of halogens is 1. The molecule has 0 aliphatic rings. The number of alkyl halides is 1. The first kappa shape index (κ1) is 10.8. The Bertz CT molecular complexity index is 471. The van der Waals surface area contributed by atoms with Gasteiger partial charge in [0.15, 0.2) is 6.07 Å². The lowest BCUT2D eigenvalue weighted by molar-refractivity contribution is 0.388. The Balaban J connectivity index is 2.43. The van der Waals surface area contributed by atoms with E-state index >= 15 is 0 Å². The van der Waals surface area contributed by atoms with Gasteiger partial charge in [0.05, 0.1) is 0 Å².